The molecule has 16 nitrogen and oxygen atoms in total. The number of nitrogens with one attached hydrogen (secondary N) is 4. The summed E-state index contributed by atoms with van der Waals surface area (Å²) in [6, 6.07) is 27.9. The third-order valence-corrected chi connectivity index (χ3v) is 9.34. The first-order chi connectivity index (χ1) is 28.7. The monoisotopic (exact) mass is 899 g/mol. The van der Waals surface area contributed by atoms with Gasteiger partial charge in [-0.2, -0.15) is 0 Å². The number of benzene rings is 4. The fourth-order valence-electron chi connectivity index (χ4n) is 4.69. The van der Waals surface area contributed by atoms with Crippen molar-refractivity contribution in [2.24, 2.45) is 5.73 Å². The molecule has 338 valence electrons. The number of rotatable bonds is 16. The fraction of sp³-hybridized carbons (Fsp3) is 0.341. The van der Waals surface area contributed by atoms with Crippen LogP contribution in [-0.2, 0) is 33.2 Å². The topological polar surface area (TPSA) is 234 Å². The lowest BCUT2D eigenvalue weighted by molar-refractivity contribution is -0.149. The molecule has 62 heavy (non-hydrogen) atoms. The van der Waals surface area contributed by atoms with Crippen LogP contribution in [0.5, 0.6) is 11.5 Å². The summed E-state index contributed by atoms with van der Waals surface area (Å²) in [6.07, 6.45) is -0.849. The summed E-state index contributed by atoms with van der Waals surface area (Å²) < 4.78 is 34.8. The van der Waals surface area contributed by atoms with Crippen LogP contribution in [0.15, 0.2) is 109 Å². The van der Waals surface area contributed by atoms with E-state index in [-0.39, 0.29) is 53.0 Å². The summed E-state index contributed by atoms with van der Waals surface area (Å²) in [4.78, 5) is 60.1. The maximum absolute atomic E-state index is 13.9. The van der Waals surface area contributed by atoms with Crippen molar-refractivity contribution in [3.8, 4) is 11.5 Å². The molecule has 0 saturated carbocycles. The SMILES string of the molecule is CC(C)OC(=O)[C@H](C)N.CC(C)OC(=O)[C@H](C)NP(=O)(N[C@@H](C)C(=O)OC(C)C)Oc1ccccc1C(=O)Nc1ccccc1.Cl.O=C(Nc1ccccc1)c1ccccc1O. The third kappa shape index (κ3) is 20.2. The Hall–Kier alpha value is -5.77. The van der Waals surface area contributed by atoms with Gasteiger partial charge >= 0.3 is 25.6 Å². The van der Waals surface area contributed by atoms with Gasteiger partial charge in [0.25, 0.3) is 11.8 Å². The van der Waals surface area contributed by atoms with Gasteiger partial charge in [0.05, 0.1) is 29.4 Å². The van der Waals surface area contributed by atoms with Gasteiger partial charge in [-0.15, -0.1) is 12.4 Å². The second-order valence-electron chi connectivity index (χ2n) is 14.2. The van der Waals surface area contributed by atoms with Gasteiger partial charge in [0.2, 0.25) is 0 Å². The number of aromatic hydroxyl groups is 1. The van der Waals surface area contributed by atoms with Crippen LogP contribution in [0, 0.1) is 0 Å². The first kappa shape index (κ1) is 54.2. The van der Waals surface area contributed by atoms with E-state index in [1.54, 1.807) is 115 Å². The van der Waals surface area contributed by atoms with Gasteiger partial charge in [0.1, 0.15) is 29.6 Å². The molecule has 0 bridgehead atoms. The number of para-hydroxylation sites is 4. The van der Waals surface area contributed by atoms with E-state index in [2.05, 4.69) is 20.8 Å². The molecule has 4 aromatic carbocycles. The van der Waals surface area contributed by atoms with Gasteiger partial charge in [-0.25, -0.2) is 14.7 Å². The van der Waals surface area contributed by atoms with Crippen LogP contribution in [0.2, 0.25) is 0 Å². The number of halogens is 1. The molecule has 0 spiro atoms. The minimum atomic E-state index is -4.18. The number of nitrogens with two attached hydrogens (primary N) is 1. The Morgan fingerprint density at radius 1 is 0.532 bits per heavy atom. The van der Waals surface area contributed by atoms with Crippen molar-refractivity contribution in [1.29, 1.82) is 0 Å². The highest BCUT2D eigenvalue weighted by molar-refractivity contribution is 7.55. The Labute approximate surface area is 369 Å². The van der Waals surface area contributed by atoms with E-state index in [9.17, 15) is 33.6 Å². The molecule has 0 aromatic heterocycles. The predicted octanol–water partition coefficient (Wildman–Crippen LogP) is 7.64. The van der Waals surface area contributed by atoms with Gasteiger partial charge < -0.3 is 40.2 Å². The zero-order chi connectivity index (χ0) is 45.7. The van der Waals surface area contributed by atoms with Crippen LogP contribution < -0.4 is 31.1 Å². The summed E-state index contributed by atoms with van der Waals surface area (Å²) >= 11 is 0. The smallest absolute Gasteiger partial charge is 0.391 e. The fourth-order valence-corrected chi connectivity index (χ4v) is 6.54. The number of esters is 3. The van der Waals surface area contributed by atoms with E-state index in [0.717, 1.165) is 0 Å². The second-order valence-corrected chi connectivity index (χ2v) is 16.0. The van der Waals surface area contributed by atoms with E-state index in [1.165, 1.54) is 32.0 Å². The minimum Gasteiger partial charge on any atom is -0.507 e. The number of ether oxygens (including phenoxy) is 3. The molecule has 18 heteroatoms. The second kappa shape index (κ2) is 27.2. The lowest BCUT2D eigenvalue weighted by Gasteiger charge is -2.27. The molecule has 4 rings (SSSR count). The first-order valence-corrected chi connectivity index (χ1v) is 21.2. The zero-order valence-corrected chi connectivity index (χ0v) is 38.0. The molecule has 0 heterocycles. The predicted molar refractivity (Wildman–Crippen MR) is 241 cm³/mol. The number of carbonyl (C=O) groups is 5. The summed E-state index contributed by atoms with van der Waals surface area (Å²) in [5.41, 5.74) is 6.84. The number of phenolic OH excluding ortho intramolecular Hbond substituents is 1. The Morgan fingerprint density at radius 3 is 1.27 bits per heavy atom. The van der Waals surface area contributed by atoms with Crippen LogP contribution in [0.1, 0.15) is 83.0 Å². The third-order valence-electron chi connectivity index (χ3n) is 7.43. The van der Waals surface area contributed by atoms with Crippen LogP contribution in [-0.4, -0.2) is 71.3 Å². The number of carbonyl (C=O) groups excluding carboxylic acids is 5. The van der Waals surface area contributed by atoms with Gasteiger partial charge in [-0.05, 0) is 111 Å². The van der Waals surface area contributed by atoms with Crippen molar-refractivity contribution in [2.45, 2.75) is 98.8 Å². The summed E-state index contributed by atoms with van der Waals surface area (Å²) in [5.74, 6) is -2.53. The number of hydrogen-bond donors (Lipinski definition) is 6. The highest BCUT2D eigenvalue weighted by Crippen LogP contribution is 2.42. The van der Waals surface area contributed by atoms with Gasteiger partial charge in [0, 0.05) is 11.4 Å². The van der Waals surface area contributed by atoms with Crippen molar-refractivity contribution in [1.82, 2.24) is 10.2 Å². The van der Waals surface area contributed by atoms with Crippen LogP contribution in [0.25, 0.3) is 0 Å². The molecule has 0 fully saturated rings. The molecule has 2 amide bonds. The van der Waals surface area contributed by atoms with Crippen LogP contribution >= 0.6 is 20.1 Å². The molecule has 0 unspecified atom stereocenters. The van der Waals surface area contributed by atoms with Crippen molar-refractivity contribution in [2.75, 3.05) is 10.6 Å². The van der Waals surface area contributed by atoms with Crippen LogP contribution in [0.3, 0.4) is 0 Å². The molecule has 0 aliphatic heterocycles. The summed E-state index contributed by atoms with van der Waals surface area (Å²) in [5, 5.41) is 20.2. The molecule has 0 radical (unpaired) electrons. The lowest BCUT2D eigenvalue weighted by atomic mass is 10.2. The van der Waals surface area contributed by atoms with E-state index >= 15 is 0 Å². The molecule has 0 aliphatic rings. The van der Waals surface area contributed by atoms with Gasteiger partial charge in [0.15, 0.2) is 0 Å². The molecule has 0 saturated heterocycles. The maximum atomic E-state index is 13.9. The van der Waals surface area contributed by atoms with E-state index in [1.807, 2.05) is 24.3 Å². The lowest BCUT2D eigenvalue weighted by Crippen LogP contribution is -2.44. The van der Waals surface area contributed by atoms with Crippen molar-refractivity contribution in [3.05, 3.63) is 120 Å². The average molecular weight is 900 g/mol. The van der Waals surface area contributed by atoms with Crippen molar-refractivity contribution < 1.29 is 52.4 Å². The van der Waals surface area contributed by atoms with Crippen molar-refractivity contribution >= 4 is 61.2 Å². The molecular formula is C44H59ClN5O11P. The largest absolute Gasteiger partial charge is 0.507 e. The van der Waals surface area contributed by atoms with Gasteiger partial charge in [-0.3, -0.25) is 24.0 Å². The Bertz CT molecular complexity index is 2040. The maximum Gasteiger partial charge on any atom is 0.391 e. The summed E-state index contributed by atoms with van der Waals surface area (Å²) in [6.45, 7) is 14.8. The number of hydrogen-bond acceptors (Lipinski definition) is 12. The quantitative estimate of drug-likeness (QED) is 0.0361. The molecule has 4 aromatic rings. The average Bonchev–Trinajstić information content (AvgIpc) is 3.18. The molecular weight excluding hydrogens is 841 g/mol. The van der Waals surface area contributed by atoms with Crippen molar-refractivity contribution in [3.63, 3.8) is 0 Å². The number of amides is 2. The molecule has 0 aliphatic carbocycles. The van der Waals surface area contributed by atoms with Crippen LogP contribution in [0.4, 0.5) is 11.4 Å². The first-order valence-electron chi connectivity index (χ1n) is 19.5. The normalized spacial score (nSPS) is 12.1. The van der Waals surface area contributed by atoms with E-state index < -0.39 is 55.8 Å². The molecule has 3 atom stereocenters. The Kier molecular flexibility index (Phi) is 23.8. The highest BCUT2D eigenvalue weighted by Gasteiger charge is 2.35. The Balaban J connectivity index is 0.000000603. The van der Waals surface area contributed by atoms with Gasteiger partial charge in [-0.1, -0.05) is 60.7 Å². The zero-order valence-electron chi connectivity index (χ0n) is 36.3. The van der Waals surface area contributed by atoms with E-state index in [4.69, 9.17) is 24.5 Å². The number of phenols is 1. The minimum absolute atomic E-state index is 0. The highest BCUT2D eigenvalue weighted by atomic mass is 35.5. The number of anilines is 2. The molecule has 7 N–H and O–H groups in total. The Morgan fingerprint density at radius 2 is 0.887 bits per heavy atom. The standard InChI is InChI=1S/C25H34N3O7P.C13H11NO2.C6H13NO2.ClH/c1-16(2)33-24(30)18(5)27-36(32,28-19(6)25(31)34-17(3)4)35-22-15-11-10-14-21(22)23(29)26-20-12-8-7-9-13-20;15-12-9-5-4-8-11(12)13(16)14-10-6-2-1-3-7-10;1-4(2)9-6(8)5(3)7;/h7-19H,1-6H3,(H,26,29)(H2,27,28,32);1-9,15H,(H,14,16);4-5H,7H2,1-3H3;1H/t18-,19-;;5-;/m0.0./s1. The van der Waals surface area contributed by atoms with E-state index in [0.29, 0.717) is 11.4 Å². The summed E-state index contributed by atoms with van der Waals surface area (Å²) in [7, 11) is -4.18.